The summed E-state index contributed by atoms with van der Waals surface area (Å²) in [4.78, 5) is 4.37. The summed E-state index contributed by atoms with van der Waals surface area (Å²) in [6, 6.07) is 1.77. The zero-order valence-electron chi connectivity index (χ0n) is 9.76. The van der Waals surface area contributed by atoms with Crippen molar-refractivity contribution < 1.29 is 0 Å². The van der Waals surface area contributed by atoms with Crippen LogP contribution in [-0.2, 0) is 6.42 Å². The fourth-order valence-corrected chi connectivity index (χ4v) is 2.51. The fraction of sp³-hybridized carbons (Fsp3) is 0.500. The van der Waals surface area contributed by atoms with Gasteiger partial charge in [-0.25, -0.2) is 4.98 Å². The van der Waals surface area contributed by atoms with Crippen LogP contribution in [0.15, 0.2) is 18.5 Å². The normalized spacial score (nSPS) is 20.8. The van der Waals surface area contributed by atoms with Crippen molar-refractivity contribution in [2.24, 2.45) is 5.92 Å². The van der Waals surface area contributed by atoms with Gasteiger partial charge in [-0.2, -0.15) is 9.61 Å². The molecule has 17 heavy (non-hydrogen) atoms. The molecule has 5 heteroatoms. The van der Waals surface area contributed by atoms with Gasteiger partial charge in [-0.15, -0.1) is 0 Å². The molecule has 0 bridgehead atoms. The quantitative estimate of drug-likeness (QED) is 0.804. The van der Waals surface area contributed by atoms with Crippen LogP contribution >= 0.6 is 0 Å². The van der Waals surface area contributed by atoms with Gasteiger partial charge in [0.05, 0.1) is 6.20 Å². The second-order valence-electron chi connectivity index (χ2n) is 4.69. The molecular weight excluding hydrogens is 214 g/mol. The van der Waals surface area contributed by atoms with Crippen molar-refractivity contribution in [3.8, 4) is 0 Å². The van der Waals surface area contributed by atoms with Crippen molar-refractivity contribution in [1.29, 1.82) is 0 Å². The number of piperidine rings is 1. The second kappa shape index (κ2) is 4.33. The van der Waals surface area contributed by atoms with E-state index in [1.165, 1.54) is 18.4 Å². The number of aromatic nitrogens is 3. The van der Waals surface area contributed by atoms with Crippen LogP contribution in [0.5, 0.6) is 0 Å². The fourth-order valence-electron chi connectivity index (χ4n) is 2.51. The Balaban J connectivity index is 1.87. The number of hydrogen-bond acceptors (Lipinski definition) is 4. The average Bonchev–Trinajstić information content (AvgIpc) is 2.76. The average molecular weight is 231 g/mol. The molecule has 1 unspecified atom stereocenters. The summed E-state index contributed by atoms with van der Waals surface area (Å²) in [5.74, 6) is 1.34. The van der Waals surface area contributed by atoms with Crippen LogP contribution in [0.25, 0.3) is 5.65 Å². The lowest BCUT2D eigenvalue weighted by atomic mass is 9.93. The van der Waals surface area contributed by atoms with Crippen LogP contribution < -0.4 is 11.1 Å². The topological polar surface area (TPSA) is 68.2 Å². The first-order chi connectivity index (χ1) is 8.34. The Kier molecular flexibility index (Phi) is 2.68. The molecule has 3 rings (SSSR count). The lowest BCUT2D eigenvalue weighted by Crippen LogP contribution is -2.30. The van der Waals surface area contributed by atoms with Gasteiger partial charge in [-0.05, 0) is 44.3 Å². The van der Waals surface area contributed by atoms with Gasteiger partial charge in [0, 0.05) is 11.8 Å². The maximum absolute atomic E-state index is 5.85. The Bertz CT molecular complexity index is 513. The number of anilines is 1. The van der Waals surface area contributed by atoms with Gasteiger partial charge < -0.3 is 11.1 Å². The Morgan fingerprint density at radius 1 is 1.53 bits per heavy atom. The standard InChI is InChI=1S/C12H17N5/c13-11-3-5-15-12-10(8-16-17(11)12)6-9-2-1-4-14-7-9/h3,5,8-9,14H,1-2,4,6-7,13H2. The van der Waals surface area contributed by atoms with Crippen LogP contribution in [0, 0.1) is 5.92 Å². The molecule has 0 amide bonds. The van der Waals surface area contributed by atoms with Crippen molar-refractivity contribution in [3.05, 3.63) is 24.0 Å². The van der Waals surface area contributed by atoms with E-state index in [1.54, 1.807) is 16.8 Å². The number of nitrogens with two attached hydrogens (primary N) is 1. The van der Waals surface area contributed by atoms with E-state index in [4.69, 9.17) is 5.73 Å². The van der Waals surface area contributed by atoms with Gasteiger partial charge in [0.1, 0.15) is 5.82 Å². The monoisotopic (exact) mass is 231 g/mol. The molecule has 0 aliphatic carbocycles. The zero-order chi connectivity index (χ0) is 11.7. The van der Waals surface area contributed by atoms with E-state index in [2.05, 4.69) is 15.4 Å². The zero-order valence-corrected chi connectivity index (χ0v) is 9.76. The van der Waals surface area contributed by atoms with E-state index < -0.39 is 0 Å². The van der Waals surface area contributed by atoms with Gasteiger partial charge in [0.25, 0.3) is 0 Å². The number of rotatable bonds is 2. The molecule has 1 atom stereocenters. The summed E-state index contributed by atoms with van der Waals surface area (Å²) in [7, 11) is 0. The Hall–Kier alpha value is -1.62. The van der Waals surface area contributed by atoms with Crippen molar-refractivity contribution >= 4 is 11.5 Å². The SMILES string of the molecule is Nc1ccnc2c(CC3CCCNC3)cnn12. The summed E-state index contributed by atoms with van der Waals surface area (Å²) in [6.45, 7) is 2.25. The molecule has 0 radical (unpaired) electrons. The summed E-state index contributed by atoms with van der Waals surface area (Å²) in [5.41, 5.74) is 7.95. The molecule has 0 aromatic carbocycles. The van der Waals surface area contributed by atoms with Crippen LogP contribution in [0.3, 0.4) is 0 Å². The Morgan fingerprint density at radius 3 is 3.29 bits per heavy atom. The summed E-state index contributed by atoms with van der Waals surface area (Å²) < 4.78 is 1.71. The molecule has 2 aromatic heterocycles. The molecule has 3 N–H and O–H groups in total. The molecule has 1 fully saturated rings. The second-order valence-corrected chi connectivity index (χ2v) is 4.69. The number of fused-ring (bicyclic) bond motifs is 1. The third kappa shape index (κ3) is 1.98. The maximum Gasteiger partial charge on any atom is 0.160 e. The highest BCUT2D eigenvalue weighted by molar-refractivity contribution is 5.51. The van der Waals surface area contributed by atoms with E-state index in [-0.39, 0.29) is 0 Å². The number of nitrogens with zero attached hydrogens (tertiary/aromatic N) is 3. The van der Waals surface area contributed by atoms with E-state index in [0.717, 1.165) is 25.2 Å². The maximum atomic E-state index is 5.85. The van der Waals surface area contributed by atoms with Gasteiger partial charge in [-0.1, -0.05) is 0 Å². The molecule has 1 saturated heterocycles. The largest absolute Gasteiger partial charge is 0.384 e. The van der Waals surface area contributed by atoms with E-state index in [9.17, 15) is 0 Å². The van der Waals surface area contributed by atoms with Crippen LogP contribution in [-0.4, -0.2) is 27.7 Å². The molecular formula is C12H17N5. The van der Waals surface area contributed by atoms with Gasteiger partial charge in [-0.3, -0.25) is 0 Å². The Morgan fingerprint density at radius 2 is 2.47 bits per heavy atom. The molecule has 5 nitrogen and oxygen atoms in total. The molecule has 90 valence electrons. The van der Waals surface area contributed by atoms with Crippen molar-refractivity contribution in [3.63, 3.8) is 0 Å². The summed E-state index contributed by atoms with van der Waals surface area (Å²) >= 11 is 0. The van der Waals surface area contributed by atoms with E-state index >= 15 is 0 Å². The van der Waals surface area contributed by atoms with Gasteiger partial charge in [0.15, 0.2) is 5.65 Å². The molecule has 1 aliphatic heterocycles. The lowest BCUT2D eigenvalue weighted by Gasteiger charge is -2.22. The first kappa shape index (κ1) is 10.5. The predicted octanol–water partition coefficient (Wildman–Crippen LogP) is 0.854. The summed E-state index contributed by atoms with van der Waals surface area (Å²) in [5, 5.41) is 7.73. The lowest BCUT2D eigenvalue weighted by molar-refractivity contribution is 0.376. The van der Waals surface area contributed by atoms with Crippen LogP contribution in [0.4, 0.5) is 5.82 Å². The molecule has 1 aliphatic rings. The van der Waals surface area contributed by atoms with E-state index in [0.29, 0.717) is 11.7 Å². The highest BCUT2D eigenvalue weighted by Crippen LogP contribution is 2.19. The molecule has 0 saturated carbocycles. The van der Waals surface area contributed by atoms with Gasteiger partial charge in [0.2, 0.25) is 0 Å². The molecule has 2 aromatic rings. The third-order valence-corrected chi connectivity index (χ3v) is 3.41. The van der Waals surface area contributed by atoms with Crippen LogP contribution in [0.1, 0.15) is 18.4 Å². The number of hydrogen-bond donors (Lipinski definition) is 2. The minimum absolute atomic E-state index is 0.642. The third-order valence-electron chi connectivity index (χ3n) is 3.41. The highest BCUT2D eigenvalue weighted by atomic mass is 15.3. The smallest absolute Gasteiger partial charge is 0.160 e. The van der Waals surface area contributed by atoms with Crippen molar-refractivity contribution in [2.75, 3.05) is 18.8 Å². The first-order valence-corrected chi connectivity index (χ1v) is 6.12. The minimum atomic E-state index is 0.642. The predicted molar refractivity (Wildman–Crippen MR) is 66.7 cm³/mol. The van der Waals surface area contributed by atoms with Crippen molar-refractivity contribution in [2.45, 2.75) is 19.3 Å². The number of nitrogen functional groups attached to an aromatic ring is 1. The first-order valence-electron chi connectivity index (χ1n) is 6.12. The minimum Gasteiger partial charge on any atom is -0.384 e. The van der Waals surface area contributed by atoms with Crippen LogP contribution in [0.2, 0.25) is 0 Å². The van der Waals surface area contributed by atoms with E-state index in [1.807, 2.05) is 6.20 Å². The van der Waals surface area contributed by atoms with Crippen molar-refractivity contribution in [1.82, 2.24) is 19.9 Å². The Labute approximate surface area is 100 Å². The summed E-state index contributed by atoms with van der Waals surface area (Å²) in [6.07, 6.45) is 7.22. The number of nitrogens with one attached hydrogen (secondary N) is 1. The van der Waals surface area contributed by atoms with Gasteiger partial charge >= 0.3 is 0 Å². The molecule has 0 spiro atoms. The highest BCUT2D eigenvalue weighted by Gasteiger charge is 2.16. The molecule has 3 heterocycles.